The number of esters is 1. The molecule has 1 fully saturated rings. The molecule has 220 valence electrons. The van der Waals surface area contributed by atoms with Gasteiger partial charge in [-0.1, -0.05) is 32.4 Å². The molecular formula is C28H31F3N4O6. The molecule has 41 heavy (non-hydrogen) atoms. The van der Waals surface area contributed by atoms with Crippen LogP contribution in [0.4, 0.5) is 13.2 Å². The van der Waals surface area contributed by atoms with Crippen LogP contribution in [0.15, 0.2) is 42.5 Å². The first kappa shape index (κ1) is 31.3. The van der Waals surface area contributed by atoms with E-state index in [1.165, 1.54) is 23.5 Å². The van der Waals surface area contributed by atoms with Crippen molar-refractivity contribution < 1.29 is 41.9 Å². The predicted molar refractivity (Wildman–Crippen MR) is 139 cm³/mol. The van der Waals surface area contributed by atoms with Crippen LogP contribution < -0.4 is 11.1 Å². The smallest absolute Gasteiger partial charge is 0.349 e. The Morgan fingerprint density at radius 1 is 1.10 bits per heavy atom. The second kappa shape index (κ2) is 13.4. The van der Waals surface area contributed by atoms with E-state index in [0.717, 1.165) is 29.2 Å². The molecule has 1 saturated heterocycles. The Morgan fingerprint density at radius 3 is 2.39 bits per heavy atom. The van der Waals surface area contributed by atoms with Gasteiger partial charge in [-0.3, -0.25) is 24.0 Å². The fraction of sp³-hybridized carbons (Fsp3) is 0.393. The van der Waals surface area contributed by atoms with E-state index in [2.05, 4.69) is 19.2 Å². The Labute approximate surface area is 234 Å². The molecule has 0 radical (unpaired) electrons. The minimum atomic E-state index is -3.89. The number of alkyl halides is 2. The lowest BCUT2D eigenvalue weighted by Crippen LogP contribution is -2.55. The number of nitrogens with zero attached hydrogens (tertiary/aromatic N) is 2. The molecule has 4 amide bonds. The molecule has 1 unspecified atom stereocenters. The van der Waals surface area contributed by atoms with Crippen LogP contribution in [0.2, 0.25) is 0 Å². The van der Waals surface area contributed by atoms with Gasteiger partial charge in [0.1, 0.15) is 11.9 Å². The van der Waals surface area contributed by atoms with E-state index in [-0.39, 0.29) is 25.9 Å². The maximum Gasteiger partial charge on any atom is 0.349 e. The zero-order valence-electron chi connectivity index (χ0n) is 22.6. The van der Waals surface area contributed by atoms with E-state index in [9.17, 15) is 37.1 Å². The summed E-state index contributed by atoms with van der Waals surface area (Å²) in [5.74, 6) is -8.66. The van der Waals surface area contributed by atoms with E-state index in [1.807, 2.05) is 0 Å². The van der Waals surface area contributed by atoms with E-state index < -0.39 is 66.2 Å². The molecule has 2 aliphatic heterocycles. The fourth-order valence-corrected chi connectivity index (χ4v) is 4.28. The zero-order valence-corrected chi connectivity index (χ0v) is 22.6. The van der Waals surface area contributed by atoms with Gasteiger partial charge in [-0.2, -0.15) is 8.78 Å². The highest BCUT2D eigenvalue weighted by molar-refractivity contribution is 6.05. The third-order valence-corrected chi connectivity index (χ3v) is 6.33. The monoisotopic (exact) mass is 576 g/mol. The highest BCUT2D eigenvalue weighted by atomic mass is 19.3. The molecule has 13 heteroatoms. The van der Waals surface area contributed by atoms with Crippen molar-refractivity contribution in [2.45, 2.75) is 58.2 Å². The van der Waals surface area contributed by atoms with Gasteiger partial charge < -0.3 is 20.7 Å². The molecule has 3 N–H and O–H groups in total. The van der Waals surface area contributed by atoms with Gasteiger partial charge in [0.15, 0.2) is 6.73 Å². The number of hydrogen-bond acceptors (Lipinski definition) is 7. The summed E-state index contributed by atoms with van der Waals surface area (Å²) in [6, 6.07) is 6.86. The molecule has 0 saturated carbocycles. The van der Waals surface area contributed by atoms with Crippen LogP contribution in [0, 0.1) is 5.82 Å². The van der Waals surface area contributed by atoms with Gasteiger partial charge in [0.05, 0.1) is 6.54 Å². The van der Waals surface area contributed by atoms with Gasteiger partial charge in [0.25, 0.3) is 17.7 Å². The number of ether oxygens (including phenoxy) is 1. The largest absolute Gasteiger partial charge is 0.443 e. The topological polar surface area (TPSA) is 139 Å². The Bertz CT molecular complexity index is 1320. The number of hydrogen-bond donors (Lipinski definition) is 2. The number of fused-ring (bicyclic) bond motifs is 1. The number of nitrogens with two attached hydrogens (primary N) is 1. The van der Waals surface area contributed by atoms with Crippen LogP contribution in [0.25, 0.3) is 0 Å². The zero-order chi connectivity index (χ0) is 30.3. The van der Waals surface area contributed by atoms with Gasteiger partial charge in [0.2, 0.25) is 5.91 Å². The number of halogens is 3. The van der Waals surface area contributed by atoms with Gasteiger partial charge in [-0.05, 0) is 47.9 Å². The minimum Gasteiger partial charge on any atom is -0.443 e. The molecule has 2 heterocycles. The molecule has 2 aromatic carbocycles. The molecule has 10 nitrogen and oxygen atoms in total. The number of carbonyl (C=O) groups is 5. The Balaban J connectivity index is 0.00000147. The van der Waals surface area contributed by atoms with E-state index in [0.29, 0.717) is 16.7 Å². The Morgan fingerprint density at radius 2 is 1.76 bits per heavy atom. The first-order valence-electron chi connectivity index (χ1n) is 13.0. The summed E-state index contributed by atoms with van der Waals surface area (Å²) in [5.41, 5.74) is 5.75. The van der Waals surface area contributed by atoms with Crippen molar-refractivity contribution in [2.24, 2.45) is 5.73 Å². The molecule has 2 aliphatic rings. The SMILES string of the molecule is CCC.NCC(=O)OCN1C(=O)CCC(N2Cc3cc(CNC(=O)C(F)(F)c4ccc(F)cc4)ccc3C2=O)C1=O. The molecule has 0 spiro atoms. The van der Waals surface area contributed by atoms with Gasteiger partial charge >= 0.3 is 11.9 Å². The number of carbonyl (C=O) groups excluding carboxylic acids is 5. The third-order valence-electron chi connectivity index (χ3n) is 6.33. The molecule has 0 aliphatic carbocycles. The van der Waals surface area contributed by atoms with E-state index >= 15 is 0 Å². The van der Waals surface area contributed by atoms with E-state index in [4.69, 9.17) is 10.5 Å². The quantitative estimate of drug-likeness (QED) is 0.364. The lowest BCUT2D eigenvalue weighted by Gasteiger charge is -2.34. The van der Waals surface area contributed by atoms with Crippen molar-refractivity contribution in [2.75, 3.05) is 13.3 Å². The highest BCUT2D eigenvalue weighted by Gasteiger charge is 2.43. The summed E-state index contributed by atoms with van der Waals surface area (Å²) in [6.07, 6.45) is 1.29. The van der Waals surface area contributed by atoms with Gasteiger partial charge in [0, 0.05) is 30.6 Å². The number of amides is 4. The summed E-state index contributed by atoms with van der Waals surface area (Å²) in [4.78, 5) is 63.7. The average Bonchev–Trinajstić information content (AvgIpc) is 3.27. The molecule has 4 rings (SSSR count). The predicted octanol–water partition coefficient (Wildman–Crippen LogP) is 2.58. The van der Waals surface area contributed by atoms with Crippen molar-refractivity contribution in [3.8, 4) is 0 Å². The summed E-state index contributed by atoms with van der Waals surface area (Å²) in [7, 11) is 0. The van der Waals surface area contributed by atoms with Crippen molar-refractivity contribution in [1.82, 2.24) is 15.1 Å². The molecule has 1 atom stereocenters. The van der Waals surface area contributed by atoms with Crippen molar-refractivity contribution in [3.63, 3.8) is 0 Å². The molecular weight excluding hydrogens is 545 g/mol. The van der Waals surface area contributed by atoms with Crippen molar-refractivity contribution in [1.29, 1.82) is 0 Å². The van der Waals surface area contributed by atoms with Gasteiger partial charge in [-0.15, -0.1) is 0 Å². The summed E-state index contributed by atoms with van der Waals surface area (Å²) in [6.45, 7) is 2.97. The number of nitrogens with one attached hydrogen (secondary N) is 1. The summed E-state index contributed by atoms with van der Waals surface area (Å²) < 4.78 is 46.7. The van der Waals surface area contributed by atoms with Gasteiger partial charge in [-0.25, -0.2) is 9.29 Å². The highest BCUT2D eigenvalue weighted by Crippen LogP contribution is 2.31. The summed E-state index contributed by atoms with van der Waals surface area (Å²) >= 11 is 0. The standard InChI is InChI=1S/C25H23F3N4O6.C3H8/c26-17-4-2-16(3-5-17)25(27,28)24(37)30-11-14-1-6-18-15(9-14)12-31(22(18)35)19-7-8-20(33)32(23(19)36)13-38-21(34)10-29;1-3-2/h1-6,9,19H,7-8,10-13,29H2,(H,30,37);3H2,1-2H3. The van der Waals surface area contributed by atoms with Crippen molar-refractivity contribution in [3.05, 3.63) is 70.5 Å². The number of piperidine rings is 1. The average molecular weight is 577 g/mol. The van der Waals surface area contributed by atoms with Crippen LogP contribution >= 0.6 is 0 Å². The first-order chi connectivity index (χ1) is 19.4. The van der Waals surface area contributed by atoms with Crippen LogP contribution in [0.5, 0.6) is 0 Å². The number of imide groups is 1. The normalized spacial score (nSPS) is 16.6. The van der Waals surface area contributed by atoms with Crippen LogP contribution in [-0.4, -0.2) is 58.7 Å². The summed E-state index contributed by atoms with van der Waals surface area (Å²) in [5, 5.41) is 2.15. The van der Waals surface area contributed by atoms with E-state index in [1.54, 1.807) is 6.07 Å². The van der Waals surface area contributed by atoms with Crippen LogP contribution in [-0.2, 0) is 42.9 Å². The minimum absolute atomic E-state index is 0.0166. The second-order valence-electron chi connectivity index (χ2n) is 9.46. The lowest BCUT2D eigenvalue weighted by atomic mass is 10.0. The molecule has 2 aromatic rings. The van der Waals surface area contributed by atoms with Crippen LogP contribution in [0.3, 0.4) is 0 Å². The molecule has 0 bridgehead atoms. The van der Waals surface area contributed by atoms with Crippen molar-refractivity contribution >= 4 is 29.6 Å². The second-order valence-corrected chi connectivity index (χ2v) is 9.46. The number of rotatable bonds is 8. The third kappa shape index (κ3) is 7.09. The fourth-order valence-electron chi connectivity index (χ4n) is 4.28. The maximum absolute atomic E-state index is 14.4. The van der Waals surface area contributed by atoms with Crippen LogP contribution in [0.1, 0.15) is 60.2 Å². The Hall–Kier alpha value is -4.26. The number of likely N-dealkylation sites (tertiary alicyclic amines) is 1. The first-order valence-corrected chi connectivity index (χ1v) is 13.0. The Kier molecular flexibility index (Phi) is 10.2. The lowest BCUT2D eigenvalue weighted by molar-refractivity contribution is -0.163. The number of benzene rings is 2. The maximum atomic E-state index is 14.4. The molecule has 0 aromatic heterocycles.